The van der Waals surface area contributed by atoms with Gasteiger partial charge < -0.3 is 10.3 Å². The molecule has 2 N–H and O–H groups in total. The number of benzene rings is 2. The first-order valence-corrected chi connectivity index (χ1v) is 7.75. The van der Waals surface area contributed by atoms with E-state index in [2.05, 4.69) is 22.9 Å². The predicted octanol–water partition coefficient (Wildman–Crippen LogP) is 4.37. The topological polar surface area (TPSA) is 44.9 Å². The minimum Gasteiger partial charge on any atom is -0.361 e. The van der Waals surface area contributed by atoms with Crippen LogP contribution in [-0.2, 0) is 10.2 Å². The molecule has 4 rings (SSSR count). The summed E-state index contributed by atoms with van der Waals surface area (Å²) in [5.41, 5.74) is 4.24. The molecule has 23 heavy (non-hydrogen) atoms. The van der Waals surface area contributed by atoms with E-state index in [-0.39, 0.29) is 5.91 Å². The fourth-order valence-corrected chi connectivity index (χ4v) is 3.73. The molecule has 1 atom stereocenters. The van der Waals surface area contributed by atoms with E-state index in [0.717, 1.165) is 33.3 Å². The highest BCUT2D eigenvalue weighted by Gasteiger charge is 2.49. The van der Waals surface area contributed by atoms with Crippen molar-refractivity contribution in [1.29, 1.82) is 0 Å². The Kier molecular flexibility index (Phi) is 2.91. The number of anilines is 1. The third-order valence-electron chi connectivity index (χ3n) is 4.64. The molecule has 0 saturated heterocycles. The second-order valence-electron chi connectivity index (χ2n) is 6.29. The molecular weight excluding hydrogens is 284 g/mol. The average molecular weight is 302 g/mol. The number of H-pyrrole nitrogens is 1. The van der Waals surface area contributed by atoms with Crippen LogP contribution in [-0.4, -0.2) is 10.9 Å². The van der Waals surface area contributed by atoms with Crippen molar-refractivity contribution in [2.75, 3.05) is 5.32 Å². The minimum atomic E-state index is -0.720. The molecule has 1 amide bonds. The number of nitrogens with one attached hydrogen (secondary N) is 2. The number of para-hydroxylation sites is 2. The first-order valence-electron chi connectivity index (χ1n) is 7.75. The molecule has 0 aliphatic carbocycles. The van der Waals surface area contributed by atoms with Gasteiger partial charge in [-0.25, -0.2) is 0 Å². The lowest BCUT2D eigenvalue weighted by molar-refractivity contribution is -0.119. The monoisotopic (exact) mass is 302 g/mol. The van der Waals surface area contributed by atoms with Crippen LogP contribution in [0.3, 0.4) is 0 Å². The number of hydrogen-bond acceptors (Lipinski definition) is 1. The number of fused-ring (bicyclic) bond motifs is 2. The van der Waals surface area contributed by atoms with Crippen molar-refractivity contribution in [3.05, 3.63) is 78.0 Å². The summed E-state index contributed by atoms with van der Waals surface area (Å²) in [7, 11) is 0. The summed E-state index contributed by atoms with van der Waals surface area (Å²) in [6.45, 7) is 6.05. The molecule has 1 unspecified atom stereocenters. The van der Waals surface area contributed by atoms with Crippen LogP contribution >= 0.6 is 0 Å². The molecule has 2 heterocycles. The molecule has 3 nitrogen and oxygen atoms in total. The van der Waals surface area contributed by atoms with E-state index in [1.54, 1.807) is 0 Å². The zero-order valence-corrected chi connectivity index (χ0v) is 13.0. The average Bonchev–Trinajstić information content (AvgIpc) is 3.07. The van der Waals surface area contributed by atoms with Gasteiger partial charge in [-0.15, -0.1) is 6.58 Å². The third-order valence-corrected chi connectivity index (χ3v) is 4.64. The van der Waals surface area contributed by atoms with Crippen molar-refractivity contribution in [3.8, 4) is 0 Å². The van der Waals surface area contributed by atoms with Gasteiger partial charge in [0.2, 0.25) is 5.91 Å². The number of amides is 1. The quantitative estimate of drug-likeness (QED) is 0.693. The van der Waals surface area contributed by atoms with Crippen molar-refractivity contribution in [1.82, 2.24) is 4.98 Å². The molecule has 114 valence electrons. The van der Waals surface area contributed by atoms with Crippen molar-refractivity contribution in [3.63, 3.8) is 0 Å². The largest absolute Gasteiger partial charge is 0.361 e. The van der Waals surface area contributed by atoms with Gasteiger partial charge >= 0.3 is 0 Å². The molecule has 1 aromatic heterocycles. The van der Waals surface area contributed by atoms with Gasteiger partial charge in [0.1, 0.15) is 5.41 Å². The highest BCUT2D eigenvalue weighted by Crippen LogP contribution is 2.48. The Balaban J connectivity index is 2.06. The standard InChI is InChI=1S/C20H18N2O/c1-13(2)11-20(15-8-4-6-10-18(15)22-19(20)23)16-12-21-17-9-5-3-7-14(16)17/h3-10,12,21H,1,11H2,2H3,(H,22,23). The van der Waals surface area contributed by atoms with E-state index in [1.807, 2.05) is 55.6 Å². The summed E-state index contributed by atoms with van der Waals surface area (Å²) in [6, 6.07) is 16.0. The second kappa shape index (κ2) is 4.85. The minimum absolute atomic E-state index is 0.0199. The number of allylic oxidation sites excluding steroid dienone is 1. The van der Waals surface area contributed by atoms with Crippen molar-refractivity contribution in [2.24, 2.45) is 0 Å². The van der Waals surface area contributed by atoms with Gasteiger partial charge in [-0.3, -0.25) is 4.79 Å². The lowest BCUT2D eigenvalue weighted by Crippen LogP contribution is -2.35. The maximum Gasteiger partial charge on any atom is 0.240 e. The Morgan fingerprint density at radius 2 is 1.83 bits per heavy atom. The van der Waals surface area contributed by atoms with Gasteiger partial charge in [-0.05, 0) is 36.6 Å². The number of rotatable bonds is 3. The summed E-state index contributed by atoms with van der Waals surface area (Å²) >= 11 is 0. The molecule has 0 fully saturated rings. The second-order valence-corrected chi connectivity index (χ2v) is 6.29. The smallest absolute Gasteiger partial charge is 0.240 e. The van der Waals surface area contributed by atoms with Gasteiger partial charge in [0.05, 0.1) is 0 Å². The summed E-state index contributed by atoms with van der Waals surface area (Å²) in [5, 5.41) is 4.14. The van der Waals surface area contributed by atoms with Crippen molar-refractivity contribution < 1.29 is 4.79 Å². The number of aromatic nitrogens is 1. The van der Waals surface area contributed by atoms with E-state index in [1.165, 1.54) is 0 Å². The van der Waals surface area contributed by atoms with Crippen LogP contribution in [0.15, 0.2) is 66.9 Å². The summed E-state index contributed by atoms with van der Waals surface area (Å²) < 4.78 is 0. The van der Waals surface area contributed by atoms with Gasteiger partial charge in [0, 0.05) is 22.8 Å². The molecule has 0 radical (unpaired) electrons. The Labute approximate surface area is 135 Å². The van der Waals surface area contributed by atoms with Gasteiger partial charge in [-0.1, -0.05) is 42.0 Å². The zero-order chi connectivity index (χ0) is 16.0. The number of carbonyl (C=O) groups excluding carboxylic acids is 1. The lowest BCUT2D eigenvalue weighted by Gasteiger charge is -2.28. The molecule has 0 spiro atoms. The van der Waals surface area contributed by atoms with E-state index < -0.39 is 5.41 Å². The van der Waals surface area contributed by atoms with Crippen LogP contribution in [0.1, 0.15) is 24.5 Å². The van der Waals surface area contributed by atoms with Gasteiger partial charge in [0.25, 0.3) is 0 Å². The number of carbonyl (C=O) groups is 1. The highest BCUT2D eigenvalue weighted by molar-refractivity contribution is 6.11. The molecule has 2 aromatic carbocycles. The summed E-state index contributed by atoms with van der Waals surface area (Å²) in [5.74, 6) is 0.0199. The first-order chi connectivity index (χ1) is 11.1. The van der Waals surface area contributed by atoms with Crippen LogP contribution in [0.5, 0.6) is 0 Å². The molecule has 3 aromatic rings. The van der Waals surface area contributed by atoms with E-state index in [0.29, 0.717) is 6.42 Å². The van der Waals surface area contributed by atoms with Crippen LogP contribution in [0.25, 0.3) is 10.9 Å². The third kappa shape index (κ3) is 1.86. The maximum atomic E-state index is 13.1. The van der Waals surface area contributed by atoms with Crippen LogP contribution in [0.4, 0.5) is 5.69 Å². The Hall–Kier alpha value is -2.81. The van der Waals surface area contributed by atoms with Crippen molar-refractivity contribution in [2.45, 2.75) is 18.8 Å². The fraction of sp³-hybridized carbons (Fsp3) is 0.150. The van der Waals surface area contributed by atoms with Crippen LogP contribution in [0, 0.1) is 0 Å². The number of aromatic amines is 1. The fourth-order valence-electron chi connectivity index (χ4n) is 3.73. The summed E-state index contributed by atoms with van der Waals surface area (Å²) in [4.78, 5) is 16.4. The zero-order valence-electron chi connectivity index (χ0n) is 13.0. The summed E-state index contributed by atoms with van der Waals surface area (Å²) in [6.07, 6.45) is 2.56. The predicted molar refractivity (Wildman–Crippen MR) is 93.6 cm³/mol. The SMILES string of the molecule is C=C(C)CC1(c2c[nH]c3ccccc23)C(=O)Nc2ccccc21. The van der Waals surface area contributed by atoms with E-state index in [4.69, 9.17) is 0 Å². The molecule has 3 heteroatoms. The molecule has 0 bridgehead atoms. The molecular formula is C20H18N2O. The Bertz CT molecular complexity index is 937. The van der Waals surface area contributed by atoms with Crippen LogP contribution < -0.4 is 5.32 Å². The number of hydrogen-bond donors (Lipinski definition) is 2. The van der Waals surface area contributed by atoms with E-state index in [9.17, 15) is 4.79 Å². The van der Waals surface area contributed by atoms with Gasteiger partial charge in [0.15, 0.2) is 0 Å². The normalized spacial score (nSPS) is 19.6. The Morgan fingerprint density at radius 3 is 2.65 bits per heavy atom. The van der Waals surface area contributed by atoms with Crippen LogP contribution in [0.2, 0.25) is 0 Å². The maximum absolute atomic E-state index is 13.1. The molecule has 1 aliphatic rings. The van der Waals surface area contributed by atoms with Crippen molar-refractivity contribution >= 4 is 22.5 Å². The Morgan fingerprint density at radius 1 is 1.09 bits per heavy atom. The highest BCUT2D eigenvalue weighted by atomic mass is 16.2. The first kappa shape index (κ1) is 13.8. The van der Waals surface area contributed by atoms with Gasteiger partial charge in [-0.2, -0.15) is 0 Å². The van der Waals surface area contributed by atoms with E-state index >= 15 is 0 Å². The molecule has 0 saturated carbocycles. The molecule has 1 aliphatic heterocycles. The lowest BCUT2D eigenvalue weighted by atomic mass is 9.71.